The summed E-state index contributed by atoms with van der Waals surface area (Å²) in [5, 5.41) is 3.04. The Balaban J connectivity index is 1.63. The number of nitrogens with two attached hydrogens (primary N) is 1. The minimum absolute atomic E-state index is 0.0193. The summed E-state index contributed by atoms with van der Waals surface area (Å²) in [5.74, 6) is -0.0193. The van der Waals surface area contributed by atoms with Gasteiger partial charge in [0.05, 0.1) is 19.6 Å². The van der Waals surface area contributed by atoms with Crippen molar-refractivity contribution in [2.45, 2.75) is 13.0 Å². The summed E-state index contributed by atoms with van der Waals surface area (Å²) in [6.45, 7) is 4.21. The van der Waals surface area contributed by atoms with Gasteiger partial charge in [-0.05, 0) is 29.3 Å². The van der Waals surface area contributed by atoms with Crippen LogP contribution in [0.1, 0.15) is 11.1 Å². The van der Waals surface area contributed by atoms with Crippen molar-refractivity contribution in [2.75, 3.05) is 37.4 Å². The number of nitrogens with one attached hydrogen (secondary N) is 1. The lowest BCUT2D eigenvalue weighted by atomic mass is 10.1. The molecule has 5 nitrogen and oxygen atoms in total. The Morgan fingerprint density at radius 1 is 1.08 bits per heavy atom. The standard InChI is InChI=1S/C19H23N3O2/c20-17-7-5-15(6-8-17)13-19(23)21-18-4-2-1-3-16(18)14-22-9-11-24-12-10-22/h1-8H,9-14,20H2,(H,21,23). The number of rotatable bonds is 5. The van der Waals surface area contributed by atoms with Crippen LogP contribution in [0.5, 0.6) is 0 Å². The fourth-order valence-corrected chi connectivity index (χ4v) is 2.80. The smallest absolute Gasteiger partial charge is 0.228 e. The lowest BCUT2D eigenvalue weighted by molar-refractivity contribution is -0.115. The molecule has 0 atom stereocenters. The fraction of sp³-hybridized carbons (Fsp3) is 0.316. The first-order chi connectivity index (χ1) is 11.7. The van der Waals surface area contributed by atoms with Crippen molar-refractivity contribution in [3.8, 4) is 0 Å². The van der Waals surface area contributed by atoms with E-state index in [9.17, 15) is 4.79 Å². The predicted octanol–water partition coefficient (Wildman–Crippen LogP) is 2.28. The van der Waals surface area contributed by atoms with Gasteiger partial charge in [0.15, 0.2) is 0 Å². The number of carbonyl (C=O) groups excluding carboxylic acids is 1. The Morgan fingerprint density at radius 3 is 2.54 bits per heavy atom. The first kappa shape index (κ1) is 16.5. The maximum atomic E-state index is 12.3. The Morgan fingerprint density at radius 2 is 1.79 bits per heavy atom. The van der Waals surface area contributed by atoms with Crippen LogP contribution in [0.2, 0.25) is 0 Å². The molecule has 3 rings (SSSR count). The third-order valence-corrected chi connectivity index (χ3v) is 4.13. The zero-order valence-electron chi connectivity index (χ0n) is 13.7. The molecular formula is C19H23N3O2. The second-order valence-corrected chi connectivity index (χ2v) is 6.01. The van der Waals surface area contributed by atoms with E-state index in [1.165, 1.54) is 0 Å². The number of morpholine rings is 1. The minimum atomic E-state index is -0.0193. The van der Waals surface area contributed by atoms with Crippen LogP contribution in [0.3, 0.4) is 0 Å². The third kappa shape index (κ3) is 4.57. The van der Waals surface area contributed by atoms with Gasteiger partial charge in [-0.3, -0.25) is 9.69 Å². The first-order valence-corrected chi connectivity index (χ1v) is 8.23. The molecule has 1 saturated heterocycles. The van der Waals surface area contributed by atoms with E-state index in [2.05, 4.69) is 16.3 Å². The van der Waals surface area contributed by atoms with Gasteiger partial charge in [0.2, 0.25) is 5.91 Å². The normalized spacial score (nSPS) is 15.2. The average Bonchev–Trinajstić information content (AvgIpc) is 2.60. The molecule has 0 saturated carbocycles. The summed E-state index contributed by atoms with van der Waals surface area (Å²) in [6.07, 6.45) is 0.339. The van der Waals surface area contributed by atoms with Crippen LogP contribution < -0.4 is 11.1 Å². The number of para-hydroxylation sites is 1. The van der Waals surface area contributed by atoms with Crippen molar-refractivity contribution in [2.24, 2.45) is 0 Å². The van der Waals surface area contributed by atoms with Gasteiger partial charge >= 0.3 is 0 Å². The molecule has 2 aromatic carbocycles. The number of nitrogen functional groups attached to an aromatic ring is 1. The summed E-state index contributed by atoms with van der Waals surface area (Å²) in [4.78, 5) is 14.7. The molecule has 24 heavy (non-hydrogen) atoms. The van der Waals surface area contributed by atoms with Gasteiger partial charge in [-0.15, -0.1) is 0 Å². The second kappa shape index (κ2) is 7.95. The van der Waals surface area contributed by atoms with Gasteiger partial charge in [0.25, 0.3) is 0 Å². The van der Waals surface area contributed by atoms with E-state index >= 15 is 0 Å². The Kier molecular flexibility index (Phi) is 5.46. The molecule has 0 spiro atoms. The van der Waals surface area contributed by atoms with Crippen LogP contribution in [-0.2, 0) is 22.5 Å². The zero-order valence-corrected chi connectivity index (χ0v) is 13.7. The lowest BCUT2D eigenvalue weighted by Crippen LogP contribution is -2.35. The van der Waals surface area contributed by atoms with Crippen molar-refractivity contribution in [3.63, 3.8) is 0 Å². The van der Waals surface area contributed by atoms with E-state index in [-0.39, 0.29) is 5.91 Å². The number of ether oxygens (including phenoxy) is 1. The molecule has 0 radical (unpaired) electrons. The molecule has 2 aromatic rings. The predicted molar refractivity (Wildman–Crippen MR) is 95.7 cm³/mol. The number of nitrogens with zero attached hydrogens (tertiary/aromatic N) is 1. The Labute approximate surface area is 142 Å². The molecule has 126 valence electrons. The van der Waals surface area contributed by atoms with E-state index in [4.69, 9.17) is 10.5 Å². The van der Waals surface area contributed by atoms with Crippen molar-refractivity contribution in [1.82, 2.24) is 4.90 Å². The highest BCUT2D eigenvalue weighted by atomic mass is 16.5. The van der Waals surface area contributed by atoms with Gasteiger partial charge < -0.3 is 15.8 Å². The van der Waals surface area contributed by atoms with Crippen LogP contribution in [0, 0.1) is 0 Å². The Bertz CT molecular complexity index is 679. The molecule has 5 heteroatoms. The van der Waals surface area contributed by atoms with E-state index in [0.29, 0.717) is 12.1 Å². The van der Waals surface area contributed by atoms with Crippen LogP contribution in [0.4, 0.5) is 11.4 Å². The summed E-state index contributed by atoms with van der Waals surface area (Å²) >= 11 is 0. The molecule has 1 aliphatic rings. The number of carbonyl (C=O) groups is 1. The molecule has 0 unspecified atom stereocenters. The third-order valence-electron chi connectivity index (χ3n) is 4.13. The van der Waals surface area contributed by atoms with Gasteiger partial charge in [-0.1, -0.05) is 30.3 Å². The highest BCUT2D eigenvalue weighted by molar-refractivity contribution is 5.93. The highest BCUT2D eigenvalue weighted by Crippen LogP contribution is 2.18. The first-order valence-electron chi connectivity index (χ1n) is 8.23. The van der Waals surface area contributed by atoms with Crippen molar-refractivity contribution < 1.29 is 9.53 Å². The number of anilines is 2. The molecule has 3 N–H and O–H groups in total. The van der Waals surface area contributed by atoms with Crippen LogP contribution >= 0.6 is 0 Å². The molecule has 0 bridgehead atoms. The SMILES string of the molecule is Nc1ccc(CC(=O)Nc2ccccc2CN2CCOCC2)cc1. The van der Waals surface area contributed by atoms with Crippen LogP contribution in [0.25, 0.3) is 0 Å². The molecular weight excluding hydrogens is 302 g/mol. The number of hydrogen-bond acceptors (Lipinski definition) is 4. The number of benzene rings is 2. The highest BCUT2D eigenvalue weighted by Gasteiger charge is 2.13. The molecule has 1 fully saturated rings. The van der Waals surface area contributed by atoms with Crippen molar-refractivity contribution in [1.29, 1.82) is 0 Å². The summed E-state index contributed by atoms with van der Waals surface area (Å²) in [6, 6.07) is 15.4. The zero-order chi connectivity index (χ0) is 16.8. The van der Waals surface area contributed by atoms with Crippen LogP contribution in [-0.4, -0.2) is 37.1 Å². The Hall–Kier alpha value is -2.37. The van der Waals surface area contributed by atoms with Crippen molar-refractivity contribution in [3.05, 3.63) is 59.7 Å². The number of hydrogen-bond donors (Lipinski definition) is 2. The summed E-state index contributed by atoms with van der Waals surface area (Å²) < 4.78 is 5.39. The maximum absolute atomic E-state index is 12.3. The molecule has 0 aliphatic carbocycles. The quantitative estimate of drug-likeness (QED) is 0.828. The monoisotopic (exact) mass is 325 g/mol. The lowest BCUT2D eigenvalue weighted by Gasteiger charge is -2.27. The van der Waals surface area contributed by atoms with E-state index in [0.717, 1.165) is 49.7 Å². The summed E-state index contributed by atoms with van der Waals surface area (Å²) in [5.41, 5.74) is 9.34. The summed E-state index contributed by atoms with van der Waals surface area (Å²) in [7, 11) is 0. The van der Waals surface area contributed by atoms with Gasteiger partial charge in [-0.25, -0.2) is 0 Å². The van der Waals surface area contributed by atoms with E-state index < -0.39 is 0 Å². The molecule has 1 heterocycles. The minimum Gasteiger partial charge on any atom is -0.399 e. The van der Waals surface area contributed by atoms with Gasteiger partial charge in [-0.2, -0.15) is 0 Å². The van der Waals surface area contributed by atoms with Gasteiger partial charge in [0.1, 0.15) is 0 Å². The molecule has 1 aliphatic heterocycles. The maximum Gasteiger partial charge on any atom is 0.228 e. The molecule has 0 aromatic heterocycles. The van der Waals surface area contributed by atoms with E-state index in [1.807, 2.05) is 42.5 Å². The average molecular weight is 325 g/mol. The topological polar surface area (TPSA) is 67.6 Å². The fourth-order valence-electron chi connectivity index (χ4n) is 2.80. The molecule has 1 amide bonds. The van der Waals surface area contributed by atoms with Crippen molar-refractivity contribution >= 4 is 17.3 Å². The van der Waals surface area contributed by atoms with E-state index in [1.54, 1.807) is 0 Å². The van der Waals surface area contributed by atoms with Gasteiger partial charge in [0, 0.05) is 31.0 Å². The second-order valence-electron chi connectivity index (χ2n) is 6.01. The largest absolute Gasteiger partial charge is 0.399 e. The number of amides is 1. The van der Waals surface area contributed by atoms with Crippen LogP contribution in [0.15, 0.2) is 48.5 Å².